The molecule has 1 aliphatic rings. The van der Waals surface area contributed by atoms with Gasteiger partial charge >= 0.3 is 6.01 Å². The van der Waals surface area contributed by atoms with Crippen LogP contribution in [0.4, 0.5) is 0 Å². The van der Waals surface area contributed by atoms with Crippen molar-refractivity contribution in [1.29, 1.82) is 0 Å². The van der Waals surface area contributed by atoms with Crippen molar-refractivity contribution < 1.29 is 9.53 Å². The molecule has 0 radical (unpaired) electrons. The SMILES string of the molecule is Cc1cc(C)nc(OC2CCC(NC(=O)c3cc4ccccc4[nH]3)CC2)n1. The van der Waals surface area contributed by atoms with Crippen LogP contribution in [0, 0.1) is 13.8 Å². The van der Waals surface area contributed by atoms with E-state index in [1.54, 1.807) is 0 Å². The van der Waals surface area contributed by atoms with Gasteiger partial charge < -0.3 is 15.0 Å². The average molecular weight is 364 g/mol. The second-order valence-corrected chi connectivity index (χ2v) is 7.27. The standard InChI is InChI=1S/C21H24N4O2/c1-13-11-14(2)23-21(22-13)27-17-9-7-16(8-10-17)24-20(26)19-12-15-5-3-4-6-18(15)25-19/h3-6,11-12,16-17,25H,7-10H2,1-2H3,(H,24,26). The van der Waals surface area contributed by atoms with Gasteiger partial charge in [-0.2, -0.15) is 0 Å². The number of hydrogen-bond donors (Lipinski definition) is 2. The van der Waals surface area contributed by atoms with Crippen LogP contribution in [0.3, 0.4) is 0 Å². The minimum Gasteiger partial charge on any atom is -0.460 e. The molecule has 3 aromatic rings. The smallest absolute Gasteiger partial charge is 0.317 e. The zero-order valence-corrected chi connectivity index (χ0v) is 15.7. The Bertz CT molecular complexity index is 904. The van der Waals surface area contributed by atoms with Gasteiger partial charge in [0, 0.05) is 28.3 Å². The fraction of sp³-hybridized carbons (Fsp3) is 0.381. The molecular weight excluding hydrogens is 340 g/mol. The van der Waals surface area contributed by atoms with E-state index in [2.05, 4.69) is 20.3 Å². The first kappa shape index (κ1) is 17.5. The molecular formula is C21H24N4O2. The van der Waals surface area contributed by atoms with Crippen LogP contribution in [-0.4, -0.2) is 33.0 Å². The van der Waals surface area contributed by atoms with Crippen molar-refractivity contribution in [2.24, 2.45) is 0 Å². The number of aromatic nitrogens is 3. The highest BCUT2D eigenvalue weighted by molar-refractivity contribution is 5.98. The highest BCUT2D eigenvalue weighted by atomic mass is 16.5. The van der Waals surface area contributed by atoms with Crippen LogP contribution in [0.25, 0.3) is 10.9 Å². The van der Waals surface area contributed by atoms with Crippen molar-refractivity contribution in [3.8, 4) is 6.01 Å². The van der Waals surface area contributed by atoms with E-state index in [4.69, 9.17) is 4.74 Å². The fourth-order valence-electron chi connectivity index (χ4n) is 3.68. The summed E-state index contributed by atoms with van der Waals surface area (Å²) in [4.78, 5) is 24.4. The highest BCUT2D eigenvalue weighted by Gasteiger charge is 2.25. The number of fused-ring (bicyclic) bond motifs is 1. The lowest BCUT2D eigenvalue weighted by atomic mass is 9.93. The van der Waals surface area contributed by atoms with E-state index >= 15 is 0 Å². The second kappa shape index (κ2) is 7.39. The number of aromatic amines is 1. The lowest BCUT2D eigenvalue weighted by Crippen LogP contribution is -2.40. The largest absolute Gasteiger partial charge is 0.460 e. The highest BCUT2D eigenvalue weighted by Crippen LogP contribution is 2.23. The Hall–Kier alpha value is -2.89. The van der Waals surface area contributed by atoms with Crippen LogP contribution in [0.5, 0.6) is 6.01 Å². The molecule has 0 saturated heterocycles. The summed E-state index contributed by atoms with van der Waals surface area (Å²) in [6, 6.07) is 12.4. The predicted octanol–water partition coefficient (Wildman–Crippen LogP) is 3.69. The van der Waals surface area contributed by atoms with Crippen LogP contribution < -0.4 is 10.1 Å². The molecule has 0 unspecified atom stereocenters. The molecule has 0 spiro atoms. The van der Waals surface area contributed by atoms with Gasteiger partial charge in [-0.15, -0.1) is 0 Å². The Kier molecular flexibility index (Phi) is 4.79. The zero-order chi connectivity index (χ0) is 18.8. The normalized spacial score (nSPS) is 19.8. The van der Waals surface area contributed by atoms with Gasteiger partial charge in [0.1, 0.15) is 11.8 Å². The van der Waals surface area contributed by atoms with Gasteiger partial charge in [-0.3, -0.25) is 4.79 Å². The molecule has 1 aromatic carbocycles. The van der Waals surface area contributed by atoms with E-state index in [-0.39, 0.29) is 18.1 Å². The number of nitrogens with zero attached hydrogens (tertiary/aromatic N) is 2. The zero-order valence-electron chi connectivity index (χ0n) is 15.7. The number of nitrogens with one attached hydrogen (secondary N) is 2. The minimum absolute atomic E-state index is 0.0480. The summed E-state index contributed by atoms with van der Waals surface area (Å²) < 4.78 is 5.95. The van der Waals surface area contributed by atoms with Crippen molar-refractivity contribution in [3.05, 3.63) is 53.5 Å². The van der Waals surface area contributed by atoms with E-state index in [0.29, 0.717) is 11.7 Å². The number of rotatable bonds is 4. The molecule has 4 rings (SSSR count). The molecule has 1 fully saturated rings. The van der Waals surface area contributed by atoms with Crippen molar-refractivity contribution in [2.45, 2.75) is 51.7 Å². The van der Waals surface area contributed by atoms with Crippen molar-refractivity contribution in [3.63, 3.8) is 0 Å². The Morgan fingerprint density at radius 2 is 1.78 bits per heavy atom. The Morgan fingerprint density at radius 3 is 2.48 bits per heavy atom. The predicted molar refractivity (Wildman–Crippen MR) is 104 cm³/mol. The molecule has 2 N–H and O–H groups in total. The van der Waals surface area contributed by atoms with Crippen molar-refractivity contribution in [2.75, 3.05) is 0 Å². The molecule has 140 valence electrons. The first-order chi connectivity index (χ1) is 13.1. The van der Waals surface area contributed by atoms with Crippen LogP contribution in [0.15, 0.2) is 36.4 Å². The van der Waals surface area contributed by atoms with E-state index in [9.17, 15) is 4.79 Å². The summed E-state index contributed by atoms with van der Waals surface area (Å²) in [6.07, 6.45) is 3.65. The second-order valence-electron chi connectivity index (χ2n) is 7.27. The lowest BCUT2D eigenvalue weighted by molar-refractivity contribution is 0.0880. The molecule has 6 nitrogen and oxygen atoms in total. The maximum absolute atomic E-state index is 12.5. The molecule has 1 saturated carbocycles. The maximum atomic E-state index is 12.5. The third-order valence-corrected chi connectivity index (χ3v) is 5.02. The monoisotopic (exact) mass is 364 g/mol. The first-order valence-corrected chi connectivity index (χ1v) is 9.44. The maximum Gasteiger partial charge on any atom is 0.317 e. The quantitative estimate of drug-likeness (QED) is 0.740. The summed E-state index contributed by atoms with van der Waals surface area (Å²) in [6.45, 7) is 3.88. The summed E-state index contributed by atoms with van der Waals surface area (Å²) >= 11 is 0. The lowest BCUT2D eigenvalue weighted by Gasteiger charge is -2.28. The van der Waals surface area contributed by atoms with Gasteiger partial charge in [0.05, 0.1) is 0 Å². The molecule has 6 heteroatoms. The van der Waals surface area contributed by atoms with Gasteiger partial charge in [0.2, 0.25) is 0 Å². The van der Waals surface area contributed by atoms with Crippen molar-refractivity contribution >= 4 is 16.8 Å². The molecule has 1 amide bonds. The number of para-hydroxylation sites is 1. The average Bonchev–Trinajstić information content (AvgIpc) is 3.07. The molecule has 2 aromatic heterocycles. The third-order valence-electron chi connectivity index (χ3n) is 5.02. The van der Waals surface area contributed by atoms with E-state index in [1.165, 1.54) is 0 Å². The van der Waals surface area contributed by atoms with E-state index in [1.807, 2.05) is 50.2 Å². The molecule has 27 heavy (non-hydrogen) atoms. The Balaban J connectivity index is 1.31. The van der Waals surface area contributed by atoms with Crippen LogP contribution in [0.1, 0.15) is 47.6 Å². The molecule has 0 aliphatic heterocycles. The summed E-state index contributed by atoms with van der Waals surface area (Å²) in [7, 11) is 0. The number of hydrogen-bond acceptors (Lipinski definition) is 4. The first-order valence-electron chi connectivity index (χ1n) is 9.44. The summed E-state index contributed by atoms with van der Waals surface area (Å²) in [5, 5.41) is 4.19. The number of benzene rings is 1. The molecule has 1 aliphatic carbocycles. The van der Waals surface area contributed by atoms with Gasteiger partial charge in [-0.1, -0.05) is 18.2 Å². The summed E-state index contributed by atoms with van der Waals surface area (Å²) in [5.74, 6) is -0.0480. The third kappa shape index (κ3) is 4.10. The van der Waals surface area contributed by atoms with Crippen LogP contribution in [0.2, 0.25) is 0 Å². The number of H-pyrrole nitrogens is 1. The van der Waals surface area contributed by atoms with Gasteiger partial charge in [0.25, 0.3) is 5.91 Å². The van der Waals surface area contributed by atoms with Crippen LogP contribution in [-0.2, 0) is 0 Å². The Labute approximate surface area is 158 Å². The number of amides is 1. The minimum atomic E-state index is -0.0480. The summed E-state index contributed by atoms with van der Waals surface area (Å²) in [5.41, 5.74) is 3.42. The van der Waals surface area contributed by atoms with E-state index < -0.39 is 0 Å². The molecule has 0 bridgehead atoms. The molecule has 2 heterocycles. The Morgan fingerprint density at radius 1 is 1.07 bits per heavy atom. The fourth-order valence-corrected chi connectivity index (χ4v) is 3.68. The number of ether oxygens (including phenoxy) is 1. The van der Waals surface area contributed by atoms with Gasteiger partial charge in [0.15, 0.2) is 0 Å². The van der Waals surface area contributed by atoms with Crippen molar-refractivity contribution in [1.82, 2.24) is 20.3 Å². The number of aryl methyl sites for hydroxylation is 2. The molecule has 0 atom stereocenters. The number of carbonyl (C=O) groups is 1. The van der Waals surface area contributed by atoms with E-state index in [0.717, 1.165) is 48.0 Å². The van der Waals surface area contributed by atoms with Gasteiger partial charge in [-0.25, -0.2) is 9.97 Å². The van der Waals surface area contributed by atoms with Crippen LogP contribution >= 0.6 is 0 Å². The topological polar surface area (TPSA) is 79.9 Å². The van der Waals surface area contributed by atoms with Gasteiger partial charge in [-0.05, 0) is 57.7 Å². The number of carbonyl (C=O) groups excluding carboxylic acids is 1.